The fourth-order valence-corrected chi connectivity index (χ4v) is 3.47. The zero-order chi connectivity index (χ0) is 18.4. The highest BCUT2D eigenvalue weighted by Crippen LogP contribution is 2.30. The van der Waals surface area contributed by atoms with Crippen LogP contribution in [0.25, 0.3) is 10.9 Å². The number of fused-ring (bicyclic) bond motifs is 1. The molecule has 2 aromatic rings. The Kier molecular flexibility index (Phi) is 7.94. The smallest absolute Gasteiger partial charge is 0.129 e. The van der Waals surface area contributed by atoms with Gasteiger partial charge in [0.2, 0.25) is 0 Å². The topological polar surface area (TPSA) is 22.6 Å². The van der Waals surface area contributed by atoms with Crippen molar-refractivity contribution in [2.24, 2.45) is 0 Å². The third kappa shape index (κ3) is 6.10. The largest absolute Gasteiger partial charge is 0.357 e. The first kappa shape index (κ1) is 20.4. The fourth-order valence-electron chi connectivity index (χ4n) is 2.81. The molecule has 1 aromatic heterocycles. The van der Waals surface area contributed by atoms with Crippen LogP contribution < -0.4 is 4.90 Å². The summed E-state index contributed by atoms with van der Waals surface area (Å²) in [6, 6.07) is 8.08. The summed E-state index contributed by atoms with van der Waals surface area (Å²) in [5.74, 6) is 1.00. The van der Waals surface area contributed by atoms with Crippen molar-refractivity contribution in [3.63, 3.8) is 0 Å². The van der Waals surface area contributed by atoms with Crippen molar-refractivity contribution in [2.75, 3.05) is 59.3 Å². The second-order valence-electron chi connectivity index (χ2n) is 6.90. The van der Waals surface area contributed by atoms with Crippen molar-refractivity contribution >= 4 is 44.3 Å². The molecule has 138 valence electrons. The van der Waals surface area contributed by atoms with E-state index in [1.165, 1.54) is 0 Å². The number of halogens is 2. The maximum absolute atomic E-state index is 6.38. The number of pyridine rings is 1. The number of aromatic nitrogens is 1. The average molecular weight is 428 g/mol. The van der Waals surface area contributed by atoms with Crippen LogP contribution in [0.15, 0.2) is 28.7 Å². The van der Waals surface area contributed by atoms with Crippen molar-refractivity contribution < 1.29 is 0 Å². The van der Waals surface area contributed by atoms with Gasteiger partial charge in [0.25, 0.3) is 0 Å². The van der Waals surface area contributed by atoms with Gasteiger partial charge in [-0.15, -0.1) is 0 Å². The molecule has 4 nitrogen and oxygen atoms in total. The van der Waals surface area contributed by atoms with Crippen LogP contribution in [-0.2, 0) is 0 Å². The van der Waals surface area contributed by atoms with Gasteiger partial charge >= 0.3 is 0 Å². The van der Waals surface area contributed by atoms with Gasteiger partial charge in [0.1, 0.15) is 5.82 Å². The Balaban J connectivity index is 2.22. The highest BCUT2D eigenvalue weighted by atomic mass is 79.9. The summed E-state index contributed by atoms with van der Waals surface area (Å²) in [4.78, 5) is 11.7. The van der Waals surface area contributed by atoms with Gasteiger partial charge in [0.05, 0.1) is 10.5 Å². The molecule has 25 heavy (non-hydrogen) atoms. The predicted molar refractivity (Wildman–Crippen MR) is 113 cm³/mol. The Morgan fingerprint density at radius 2 is 1.48 bits per heavy atom. The predicted octanol–water partition coefficient (Wildman–Crippen LogP) is 4.36. The zero-order valence-corrected chi connectivity index (χ0v) is 17.9. The van der Waals surface area contributed by atoms with Crippen LogP contribution in [0.2, 0.25) is 5.02 Å². The third-order valence-corrected chi connectivity index (χ3v) is 5.13. The van der Waals surface area contributed by atoms with Crippen LogP contribution in [0.4, 0.5) is 5.82 Å². The summed E-state index contributed by atoms with van der Waals surface area (Å²) in [6.45, 7) is 4.14. The Bertz CT molecular complexity index is 676. The molecule has 0 saturated carbocycles. The molecule has 0 bridgehead atoms. The van der Waals surface area contributed by atoms with E-state index in [1.54, 1.807) is 0 Å². The second-order valence-corrected chi connectivity index (χ2v) is 8.16. The van der Waals surface area contributed by atoms with Crippen molar-refractivity contribution in [3.8, 4) is 0 Å². The molecule has 1 heterocycles. The molecule has 0 radical (unpaired) electrons. The summed E-state index contributed by atoms with van der Waals surface area (Å²) >= 11 is 9.97. The first-order valence-electron chi connectivity index (χ1n) is 8.67. The molecular weight excluding hydrogens is 400 g/mol. The summed E-state index contributed by atoms with van der Waals surface area (Å²) in [5, 5.41) is 1.75. The maximum atomic E-state index is 6.38. The lowest BCUT2D eigenvalue weighted by atomic mass is 10.2. The SMILES string of the molecule is CN(C)CCCN(CCCN(C)C)c1ccc2c(Br)ccc(Cl)c2n1. The molecule has 0 unspecified atom stereocenters. The third-order valence-electron chi connectivity index (χ3n) is 4.13. The zero-order valence-electron chi connectivity index (χ0n) is 15.6. The van der Waals surface area contributed by atoms with Crippen LogP contribution in [0, 0.1) is 0 Å². The molecule has 0 atom stereocenters. The highest BCUT2D eigenvalue weighted by molar-refractivity contribution is 9.10. The molecule has 0 aliphatic carbocycles. The molecule has 0 amide bonds. The first-order valence-corrected chi connectivity index (χ1v) is 9.84. The minimum Gasteiger partial charge on any atom is -0.357 e. The maximum Gasteiger partial charge on any atom is 0.129 e. The van der Waals surface area contributed by atoms with Gasteiger partial charge in [-0.2, -0.15) is 0 Å². The molecule has 0 spiro atoms. The van der Waals surface area contributed by atoms with Gasteiger partial charge < -0.3 is 14.7 Å². The summed E-state index contributed by atoms with van der Waals surface area (Å²) in [7, 11) is 8.45. The molecule has 0 saturated heterocycles. The van der Waals surface area contributed by atoms with E-state index in [4.69, 9.17) is 16.6 Å². The molecule has 0 aliphatic heterocycles. The first-order chi connectivity index (χ1) is 11.9. The normalized spacial score (nSPS) is 11.7. The van der Waals surface area contributed by atoms with Gasteiger partial charge in [0, 0.05) is 22.9 Å². The number of benzene rings is 1. The van der Waals surface area contributed by atoms with E-state index in [2.05, 4.69) is 71.0 Å². The van der Waals surface area contributed by atoms with Crippen molar-refractivity contribution in [1.82, 2.24) is 14.8 Å². The molecule has 0 aliphatic rings. The van der Waals surface area contributed by atoms with Gasteiger partial charge in [-0.1, -0.05) is 27.5 Å². The van der Waals surface area contributed by atoms with E-state index in [1.807, 2.05) is 12.1 Å². The second kappa shape index (κ2) is 9.72. The van der Waals surface area contributed by atoms with Gasteiger partial charge in [-0.05, 0) is 78.4 Å². The number of anilines is 1. The summed E-state index contributed by atoms with van der Waals surface area (Å²) in [5.41, 5.74) is 0.860. The van der Waals surface area contributed by atoms with Crippen molar-refractivity contribution in [2.45, 2.75) is 12.8 Å². The average Bonchev–Trinajstić information content (AvgIpc) is 2.56. The Morgan fingerprint density at radius 3 is 2.04 bits per heavy atom. The van der Waals surface area contributed by atoms with E-state index in [9.17, 15) is 0 Å². The van der Waals surface area contributed by atoms with Crippen LogP contribution in [0.1, 0.15) is 12.8 Å². The Labute approximate surface area is 164 Å². The summed E-state index contributed by atoms with van der Waals surface area (Å²) in [6.07, 6.45) is 2.22. The minimum absolute atomic E-state index is 0.696. The number of hydrogen-bond acceptors (Lipinski definition) is 4. The van der Waals surface area contributed by atoms with Crippen LogP contribution in [0.5, 0.6) is 0 Å². The molecule has 6 heteroatoms. The quantitative estimate of drug-likeness (QED) is 0.593. The van der Waals surface area contributed by atoms with E-state index in [0.717, 1.165) is 60.2 Å². The molecule has 1 aromatic carbocycles. The summed E-state index contributed by atoms with van der Waals surface area (Å²) < 4.78 is 1.03. The molecule has 0 fully saturated rings. The van der Waals surface area contributed by atoms with Crippen molar-refractivity contribution in [1.29, 1.82) is 0 Å². The number of nitrogens with zero attached hydrogens (tertiary/aromatic N) is 4. The van der Waals surface area contributed by atoms with Gasteiger partial charge in [-0.25, -0.2) is 4.98 Å². The highest BCUT2D eigenvalue weighted by Gasteiger charge is 2.12. The molecule has 0 N–H and O–H groups in total. The van der Waals surface area contributed by atoms with Gasteiger partial charge in [-0.3, -0.25) is 0 Å². The standard InChI is InChI=1S/C19H28BrClN4/c1-23(2)11-5-13-25(14-6-12-24(3)4)18-10-7-15-16(20)8-9-17(21)19(15)22-18/h7-10H,5-6,11-14H2,1-4H3. The van der Waals surface area contributed by atoms with Crippen LogP contribution in [0.3, 0.4) is 0 Å². The van der Waals surface area contributed by atoms with E-state index in [-0.39, 0.29) is 0 Å². The van der Waals surface area contributed by atoms with Crippen molar-refractivity contribution in [3.05, 3.63) is 33.8 Å². The monoisotopic (exact) mass is 426 g/mol. The minimum atomic E-state index is 0.696. The van der Waals surface area contributed by atoms with Crippen LogP contribution >= 0.6 is 27.5 Å². The fraction of sp³-hybridized carbons (Fsp3) is 0.526. The lowest BCUT2D eigenvalue weighted by Gasteiger charge is -2.25. The van der Waals surface area contributed by atoms with E-state index < -0.39 is 0 Å². The van der Waals surface area contributed by atoms with Crippen LogP contribution in [-0.4, -0.2) is 69.2 Å². The van der Waals surface area contributed by atoms with E-state index >= 15 is 0 Å². The lowest BCUT2D eigenvalue weighted by molar-refractivity contribution is 0.389. The number of rotatable bonds is 9. The number of hydrogen-bond donors (Lipinski definition) is 0. The lowest BCUT2D eigenvalue weighted by Crippen LogP contribution is -2.30. The van der Waals surface area contributed by atoms with Gasteiger partial charge in [0.15, 0.2) is 0 Å². The molecule has 2 rings (SSSR count). The Morgan fingerprint density at radius 1 is 0.880 bits per heavy atom. The molecular formula is C19H28BrClN4. The van der Waals surface area contributed by atoms with E-state index in [0.29, 0.717) is 5.02 Å². The Hall–Kier alpha value is -0.880.